The van der Waals surface area contributed by atoms with Crippen LogP contribution in [-0.4, -0.2) is 41.9 Å². The van der Waals surface area contributed by atoms with E-state index >= 15 is 0 Å². The fourth-order valence-corrected chi connectivity index (χ4v) is 4.68. The van der Waals surface area contributed by atoms with Crippen molar-refractivity contribution in [1.82, 2.24) is 10.2 Å². The van der Waals surface area contributed by atoms with E-state index in [-0.39, 0.29) is 17.2 Å². The summed E-state index contributed by atoms with van der Waals surface area (Å²) in [6, 6.07) is 8.32. The molecule has 2 aromatic rings. The summed E-state index contributed by atoms with van der Waals surface area (Å²) in [4.78, 5) is 40.6. The van der Waals surface area contributed by atoms with Gasteiger partial charge >= 0.3 is 6.03 Å². The van der Waals surface area contributed by atoms with Crippen LogP contribution < -0.4 is 15.5 Å². The first-order valence-electron chi connectivity index (χ1n) is 10.9. The van der Waals surface area contributed by atoms with Gasteiger partial charge in [-0.3, -0.25) is 9.59 Å². The zero-order valence-corrected chi connectivity index (χ0v) is 20.2. The summed E-state index contributed by atoms with van der Waals surface area (Å²) in [5, 5.41) is 5.51. The highest BCUT2D eigenvalue weighted by molar-refractivity contribution is 6.32. The van der Waals surface area contributed by atoms with Gasteiger partial charge in [0.25, 0.3) is 5.91 Å². The molecule has 2 aromatic carbocycles. The monoisotopic (exact) mass is 484 g/mol. The Morgan fingerprint density at radius 1 is 1.26 bits per heavy atom. The third-order valence-electron chi connectivity index (χ3n) is 6.44. The van der Waals surface area contributed by atoms with Gasteiger partial charge in [0, 0.05) is 29.0 Å². The summed E-state index contributed by atoms with van der Waals surface area (Å²) in [6.07, 6.45) is 2.49. The van der Waals surface area contributed by atoms with Crippen LogP contribution in [0.3, 0.4) is 0 Å². The van der Waals surface area contributed by atoms with E-state index in [1.165, 1.54) is 30.3 Å². The third kappa shape index (κ3) is 4.50. The summed E-state index contributed by atoms with van der Waals surface area (Å²) >= 11 is 6.55. The zero-order valence-electron chi connectivity index (χ0n) is 19.4. The van der Waals surface area contributed by atoms with Crippen LogP contribution in [0.2, 0.25) is 5.02 Å². The summed E-state index contributed by atoms with van der Waals surface area (Å²) in [5.41, 5.74) is 3.15. The van der Waals surface area contributed by atoms with Crippen LogP contribution in [0.25, 0.3) is 6.08 Å². The largest absolute Gasteiger partial charge is 0.369 e. The van der Waals surface area contributed by atoms with Crippen LogP contribution in [0.5, 0.6) is 0 Å². The predicted octanol–water partition coefficient (Wildman–Crippen LogP) is 4.73. The minimum atomic E-state index is -0.700. The Labute approximate surface area is 202 Å². The van der Waals surface area contributed by atoms with Crippen molar-refractivity contribution in [3.63, 3.8) is 0 Å². The number of hydrogen-bond donors (Lipinski definition) is 2. The van der Waals surface area contributed by atoms with Crippen LogP contribution in [0, 0.1) is 5.82 Å². The number of nitrogens with one attached hydrogen (secondary N) is 2. The quantitative estimate of drug-likeness (QED) is 0.485. The first kappa shape index (κ1) is 23.8. The number of rotatable bonds is 4. The lowest BCUT2D eigenvalue weighted by atomic mass is 9.80. The lowest BCUT2D eigenvalue weighted by Crippen LogP contribution is -2.45. The van der Waals surface area contributed by atoms with Crippen molar-refractivity contribution < 1.29 is 18.8 Å². The maximum Gasteiger partial charge on any atom is 0.329 e. The summed E-state index contributed by atoms with van der Waals surface area (Å²) in [6.45, 7) is 6.05. The minimum Gasteiger partial charge on any atom is -0.369 e. The van der Waals surface area contributed by atoms with Gasteiger partial charge < -0.3 is 15.5 Å². The van der Waals surface area contributed by atoms with Crippen LogP contribution in [0.1, 0.15) is 44.2 Å². The Morgan fingerprint density at radius 3 is 2.62 bits per heavy atom. The smallest absolute Gasteiger partial charge is 0.329 e. The number of nitrogens with zero attached hydrogens (tertiary/aromatic N) is 2. The van der Waals surface area contributed by atoms with Gasteiger partial charge in [-0.05, 0) is 79.8 Å². The second-order valence-corrected chi connectivity index (χ2v) is 9.75. The van der Waals surface area contributed by atoms with E-state index in [1.54, 1.807) is 0 Å². The van der Waals surface area contributed by atoms with Crippen molar-refractivity contribution in [2.45, 2.75) is 38.6 Å². The van der Waals surface area contributed by atoms with E-state index in [0.29, 0.717) is 16.3 Å². The van der Waals surface area contributed by atoms with E-state index < -0.39 is 30.2 Å². The van der Waals surface area contributed by atoms with E-state index in [0.717, 1.165) is 22.6 Å². The molecule has 9 heteroatoms. The summed E-state index contributed by atoms with van der Waals surface area (Å²) in [7, 11) is 2.04. The molecule has 4 rings (SSSR count). The van der Waals surface area contributed by atoms with E-state index in [4.69, 9.17) is 11.6 Å². The molecule has 1 saturated heterocycles. The van der Waals surface area contributed by atoms with Gasteiger partial charge in [0.15, 0.2) is 0 Å². The van der Waals surface area contributed by atoms with Gasteiger partial charge in [-0.25, -0.2) is 14.1 Å². The van der Waals surface area contributed by atoms with E-state index in [1.807, 2.05) is 19.2 Å². The Hall–Kier alpha value is -3.39. The molecule has 0 aromatic heterocycles. The van der Waals surface area contributed by atoms with Crippen molar-refractivity contribution in [2.24, 2.45) is 0 Å². The molecule has 4 amide bonds. The van der Waals surface area contributed by atoms with Gasteiger partial charge in [-0.1, -0.05) is 18.5 Å². The Morgan fingerprint density at radius 2 is 1.94 bits per heavy atom. The number of halogens is 2. The number of urea groups is 1. The number of amides is 4. The van der Waals surface area contributed by atoms with Crippen molar-refractivity contribution in [3.05, 3.63) is 64.1 Å². The first-order valence-corrected chi connectivity index (χ1v) is 11.3. The lowest BCUT2D eigenvalue weighted by Gasteiger charge is -2.45. The number of anilines is 2. The molecule has 1 fully saturated rings. The number of benzene rings is 2. The Kier molecular flexibility index (Phi) is 6.12. The molecule has 178 valence electrons. The molecule has 1 atom stereocenters. The topological polar surface area (TPSA) is 81.8 Å². The Bertz CT molecular complexity index is 1210. The van der Waals surface area contributed by atoms with Crippen molar-refractivity contribution >= 4 is 46.9 Å². The first-order chi connectivity index (χ1) is 16.0. The van der Waals surface area contributed by atoms with Crippen LogP contribution >= 0.6 is 11.6 Å². The molecule has 2 aliphatic rings. The summed E-state index contributed by atoms with van der Waals surface area (Å²) < 4.78 is 13.0. The van der Waals surface area contributed by atoms with E-state index in [9.17, 15) is 18.8 Å². The number of fused-ring (bicyclic) bond motifs is 1. The van der Waals surface area contributed by atoms with Crippen LogP contribution in [0.15, 0.2) is 42.1 Å². The lowest BCUT2D eigenvalue weighted by molar-refractivity contribution is -0.127. The SMILES string of the molecule is CC1CC(C)(C)N(C)c2cc(Cl)c(/C=C3/NC(=O)N(CC(=O)Nc4ccc(F)cc4)C3=O)cc21. The molecule has 2 aliphatic heterocycles. The molecule has 7 nitrogen and oxygen atoms in total. The highest BCUT2D eigenvalue weighted by Gasteiger charge is 2.37. The van der Waals surface area contributed by atoms with Crippen LogP contribution in [-0.2, 0) is 9.59 Å². The second-order valence-electron chi connectivity index (χ2n) is 9.34. The third-order valence-corrected chi connectivity index (χ3v) is 6.77. The van der Waals surface area contributed by atoms with Gasteiger partial charge in [0.2, 0.25) is 5.91 Å². The maximum atomic E-state index is 13.0. The molecule has 0 bridgehead atoms. The van der Waals surface area contributed by atoms with Crippen molar-refractivity contribution in [2.75, 3.05) is 23.8 Å². The number of hydrogen-bond acceptors (Lipinski definition) is 4. The number of imide groups is 1. The fraction of sp³-hybridized carbons (Fsp3) is 0.320. The highest BCUT2D eigenvalue weighted by Crippen LogP contribution is 2.44. The molecule has 1 unspecified atom stereocenters. The standard InChI is InChI=1S/C25H26ClFN4O3/c1-14-12-25(2,3)30(4)21-11-19(26)15(9-18(14)21)10-20-23(33)31(24(34)29-20)13-22(32)28-17-7-5-16(27)6-8-17/h5-11,14H,12-13H2,1-4H3,(H,28,32)(H,29,34)/b20-10+. The minimum absolute atomic E-state index is 0.0138. The van der Waals surface area contributed by atoms with Gasteiger partial charge in [-0.15, -0.1) is 0 Å². The molecule has 0 aliphatic carbocycles. The van der Waals surface area contributed by atoms with E-state index in [2.05, 4.69) is 36.3 Å². The average Bonchev–Trinajstić information content (AvgIpc) is 3.02. The highest BCUT2D eigenvalue weighted by atomic mass is 35.5. The molecular formula is C25H26ClFN4O3. The second kappa shape index (κ2) is 8.76. The normalized spacial score (nSPS) is 20.4. The molecule has 34 heavy (non-hydrogen) atoms. The fourth-order valence-electron chi connectivity index (χ4n) is 4.46. The van der Waals surface area contributed by atoms with Crippen LogP contribution in [0.4, 0.5) is 20.6 Å². The van der Waals surface area contributed by atoms with Crippen molar-refractivity contribution in [1.29, 1.82) is 0 Å². The molecular weight excluding hydrogens is 459 g/mol. The number of carbonyl (C=O) groups excluding carboxylic acids is 3. The number of carbonyl (C=O) groups is 3. The van der Waals surface area contributed by atoms with Crippen molar-refractivity contribution in [3.8, 4) is 0 Å². The summed E-state index contributed by atoms with van der Waals surface area (Å²) in [5.74, 6) is -1.36. The molecule has 0 saturated carbocycles. The van der Waals surface area contributed by atoms with Gasteiger partial charge in [0.05, 0.1) is 0 Å². The molecule has 0 radical (unpaired) electrons. The predicted molar refractivity (Wildman–Crippen MR) is 130 cm³/mol. The van der Waals surface area contributed by atoms with Gasteiger partial charge in [-0.2, -0.15) is 0 Å². The Balaban J connectivity index is 1.54. The average molecular weight is 485 g/mol. The maximum absolute atomic E-state index is 13.0. The van der Waals surface area contributed by atoms with Gasteiger partial charge in [0.1, 0.15) is 18.1 Å². The molecule has 2 heterocycles. The molecule has 0 spiro atoms. The molecule has 2 N–H and O–H groups in total. The zero-order chi connectivity index (χ0) is 24.8.